The molecule has 0 saturated carbocycles. The predicted octanol–water partition coefficient (Wildman–Crippen LogP) is 2.42. The Balaban J connectivity index is 1.76. The molecular weight excluding hydrogens is 284 g/mol. The van der Waals surface area contributed by atoms with Crippen molar-refractivity contribution in [3.63, 3.8) is 0 Å². The van der Waals surface area contributed by atoms with Crippen LogP contribution in [0.25, 0.3) is 0 Å². The van der Waals surface area contributed by atoms with E-state index in [1.807, 2.05) is 45.9 Å². The highest BCUT2D eigenvalue weighted by molar-refractivity contribution is 5.67. The molecule has 1 amide bonds. The fourth-order valence-electron chi connectivity index (χ4n) is 2.04. The molecule has 2 N–H and O–H groups in total. The average Bonchev–Trinajstić information content (AvgIpc) is 2.89. The molecule has 1 unspecified atom stereocenters. The van der Waals surface area contributed by atoms with Crippen LogP contribution in [0, 0.1) is 0 Å². The van der Waals surface area contributed by atoms with Crippen LogP contribution in [0.5, 0.6) is 11.5 Å². The number of nitrogens with one attached hydrogen (secondary N) is 2. The Morgan fingerprint density at radius 1 is 1.36 bits per heavy atom. The van der Waals surface area contributed by atoms with Crippen LogP contribution >= 0.6 is 0 Å². The second kappa shape index (κ2) is 6.87. The number of rotatable bonds is 5. The lowest BCUT2D eigenvalue weighted by molar-refractivity contribution is 0.0523. The van der Waals surface area contributed by atoms with Crippen molar-refractivity contribution in [3.8, 4) is 11.5 Å². The van der Waals surface area contributed by atoms with Gasteiger partial charge >= 0.3 is 6.09 Å². The second-order valence-corrected chi connectivity index (χ2v) is 6.32. The molecule has 1 aromatic rings. The minimum atomic E-state index is -0.483. The van der Waals surface area contributed by atoms with Gasteiger partial charge in [-0.2, -0.15) is 0 Å². The third kappa shape index (κ3) is 4.80. The van der Waals surface area contributed by atoms with Crippen LogP contribution in [0.3, 0.4) is 0 Å². The molecule has 1 aliphatic heterocycles. The van der Waals surface area contributed by atoms with Crippen LogP contribution in [0.15, 0.2) is 18.2 Å². The molecule has 1 heterocycles. The highest BCUT2D eigenvalue weighted by Gasteiger charge is 2.18. The van der Waals surface area contributed by atoms with Gasteiger partial charge in [-0.15, -0.1) is 0 Å². The summed E-state index contributed by atoms with van der Waals surface area (Å²) in [6.45, 7) is 8.91. The molecule has 0 aliphatic carbocycles. The maximum absolute atomic E-state index is 11.6. The molecule has 0 spiro atoms. The normalized spacial score (nSPS) is 14.5. The number of amides is 1. The molecular formula is C16H24N2O4. The number of fused-ring (bicyclic) bond motifs is 1. The van der Waals surface area contributed by atoms with E-state index in [9.17, 15) is 4.79 Å². The quantitative estimate of drug-likeness (QED) is 0.874. The molecule has 2 rings (SSSR count). The summed E-state index contributed by atoms with van der Waals surface area (Å²) < 4.78 is 16.0. The van der Waals surface area contributed by atoms with Gasteiger partial charge in [-0.05, 0) is 33.8 Å². The van der Waals surface area contributed by atoms with E-state index in [-0.39, 0.29) is 12.8 Å². The third-order valence-electron chi connectivity index (χ3n) is 3.07. The maximum atomic E-state index is 11.6. The summed E-state index contributed by atoms with van der Waals surface area (Å²) in [4.78, 5) is 11.6. The van der Waals surface area contributed by atoms with Gasteiger partial charge in [0, 0.05) is 24.7 Å². The minimum Gasteiger partial charge on any atom is -0.454 e. The Morgan fingerprint density at radius 3 is 2.86 bits per heavy atom. The number of alkyl carbamates (subject to hydrolysis) is 1. The molecule has 1 atom stereocenters. The van der Waals surface area contributed by atoms with Crippen molar-refractivity contribution in [2.24, 2.45) is 0 Å². The first-order valence-electron chi connectivity index (χ1n) is 7.43. The van der Waals surface area contributed by atoms with Crippen LogP contribution in [0.2, 0.25) is 0 Å². The number of hydrogen-bond donors (Lipinski definition) is 2. The molecule has 22 heavy (non-hydrogen) atoms. The zero-order valence-corrected chi connectivity index (χ0v) is 13.6. The Hall–Kier alpha value is -1.95. The maximum Gasteiger partial charge on any atom is 0.407 e. The number of carbonyl (C=O) groups excluding carboxylic acids is 1. The first kappa shape index (κ1) is 16.4. The zero-order chi connectivity index (χ0) is 16.2. The fourth-order valence-corrected chi connectivity index (χ4v) is 2.04. The molecule has 0 bridgehead atoms. The fraction of sp³-hybridized carbons (Fsp3) is 0.562. The molecule has 1 aromatic carbocycles. The third-order valence-corrected chi connectivity index (χ3v) is 3.07. The van der Waals surface area contributed by atoms with E-state index in [1.54, 1.807) is 0 Å². The minimum absolute atomic E-state index is 0.102. The van der Waals surface area contributed by atoms with Gasteiger partial charge in [-0.1, -0.05) is 12.1 Å². The van der Waals surface area contributed by atoms with Crippen LogP contribution in [-0.4, -0.2) is 31.1 Å². The van der Waals surface area contributed by atoms with Crippen LogP contribution in [0.4, 0.5) is 4.79 Å². The highest BCUT2D eigenvalue weighted by atomic mass is 16.7. The summed E-state index contributed by atoms with van der Waals surface area (Å²) in [7, 11) is 0. The van der Waals surface area contributed by atoms with Crippen LogP contribution in [0.1, 0.15) is 33.3 Å². The van der Waals surface area contributed by atoms with Crippen LogP contribution in [-0.2, 0) is 11.3 Å². The van der Waals surface area contributed by atoms with Gasteiger partial charge in [0.25, 0.3) is 0 Å². The summed E-state index contributed by atoms with van der Waals surface area (Å²) in [6, 6.07) is 5.92. The highest BCUT2D eigenvalue weighted by Crippen LogP contribution is 2.35. The summed E-state index contributed by atoms with van der Waals surface area (Å²) in [6.07, 6.45) is -0.404. The van der Waals surface area contributed by atoms with E-state index in [4.69, 9.17) is 14.2 Å². The Morgan fingerprint density at radius 2 is 2.14 bits per heavy atom. The molecule has 1 aliphatic rings. The van der Waals surface area contributed by atoms with Gasteiger partial charge in [0.1, 0.15) is 5.60 Å². The lowest BCUT2D eigenvalue weighted by Crippen LogP contribution is -2.41. The smallest absolute Gasteiger partial charge is 0.407 e. The predicted molar refractivity (Wildman–Crippen MR) is 83.1 cm³/mol. The van der Waals surface area contributed by atoms with Crippen molar-refractivity contribution >= 4 is 6.09 Å². The number of para-hydroxylation sites is 1. The summed E-state index contributed by atoms with van der Waals surface area (Å²) in [5.41, 5.74) is 0.557. The van der Waals surface area contributed by atoms with Crippen molar-refractivity contribution in [1.82, 2.24) is 10.6 Å². The van der Waals surface area contributed by atoms with Crippen molar-refractivity contribution in [2.45, 2.75) is 45.9 Å². The molecule has 6 heteroatoms. The van der Waals surface area contributed by atoms with Gasteiger partial charge < -0.3 is 24.8 Å². The van der Waals surface area contributed by atoms with E-state index < -0.39 is 11.7 Å². The summed E-state index contributed by atoms with van der Waals surface area (Å²) in [5, 5.41) is 6.09. The largest absolute Gasteiger partial charge is 0.454 e. The molecule has 6 nitrogen and oxygen atoms in total. The summed E-state index contributed by atoms with van der Waals surface area (Å²) in [5.74, 6) is 1.57. The van der Waals surface area contributed by atoms with Gasteiger partial charge in [0.15, 0.2) is 11.5 Å². The van der Waals surface area contributed by atoms with Gasteiger partial charge in [-0.25, -0.2) is 4.79 Å². The zero-order valence-electron chi connectivity index (χ0n) is 13.6. The first-order chi connectivity index (χ1) is 10.3. The SMILES string of the molecule is CC(CNC(=O)OC(C)(C)C)NCc1cccc2c1OCO2. The standard InChI is InChI=1S/C16H24N2O4/c1-11(8-18-15(19)22-16(2,3)4)17-9-12-6-5-7-13-14(12)21-10-20-13/h5-7,11,17H,8-10H2,1-4H3,(H,18,19). The number of carbonyl (C=O) groups is 1. The molecule has 122 valence electrons. The Kier molecular flexibility index (Phi) is 5.13. The van der Waals surface area contributed by atoms with Gasteiger partial charge in [0.05, 0.1) is 0 Å². The van der Waals surface area contributed by atoms with Crippen LogP contribution < -0.4 is 20.1 Å². The lowest BCUT2D eigenvalue weighted by atomic mass is 10.1. The van der Waals surface area contributed by atoms with E-state index in [1.165, 1.54) is 0 Å². The monoisotopic (exact) mass is 308 g/mol. The summed E-state index contributed by atoms with van der Waals surface area (Å²) >= 11 is 0. The molecule has 0 aromatic heterocycles. The van der Waals surface area contributed by atoms with E-state index in [0.717, 1.165) is 17.1 Å². The molecule has 0 fully saturated rings. The second-order valence-electron chi connectivity index (χ2n) is 6.32. The first-order valence-corrected chi connectivity index (χ1v) is 7.43. The topological polar surface area (TPSA) is 68.8 Å². The molecule has 0 radical (unpaired) electrons. The van der Waals surface area contributed by atoms with Crippen molar-refractivity contribution < 1.29 is 19.0 Å². The van der Waals surface area contributed by atoms with Crippen molar-refractivity contribution in [3.05, 3.63) is 23.8 Å². The number of hydrogen-bond acceptors (Lipinski definition) is 5. The van der Waals surface area contributed by atoms with E-state index in [0.29, 0.717) is 13.1 Å². The number of benzene rings is 1. The Bertz CT molecular complexity index is 525. The van der Waals surface area contributed by atoms with E-state index >= 15 is 0 Å². The Labute approximate surface area is 131 Å². The van der Waals surface area contributed by atoms with Gasteiger partial charge in [0.2, 0.25) is 6.79 Å². The lowest BCUT2D eigenvalue weighted by Gasteiger charge is -2.21. The van der Waals surface area contributed by atoms with Gasteiger partial charge in [-0.3, -0.25) is 0 Å². The number of ether oxygens (including phenoxy) is 3. The van der Waals surface area contributed by atoms with Crippen molar-refractivity contribution in [1.29, 1.82) is 0 Å². The molecule has 0 saturated heterocycles. The van der Waals surface area contributed by atoms with Crippen molar-refractivity contribution in [2.75, 3.05) is 13.3 Å². The van der Waals surface area contributed by atoms with E-state index in [2.05, 4.69) is 10.6 Å². The average molecular weight is 308 g/mol.